The van der Waals surface area contributed by atoms with Crippen LogP contribution in [0, 0.1) is 0 Å². The Morgan fingerprint density at radius 2 is 1.93 bits per heavy atom. The summed E-state index contributed by atoms with van der Waals surface area (Å²) >= 11 is 0. The molecule has 0 amide bonds. The maximum atomic E-state index is 12.3. The molecule has 4 rings (SSSR count). The Bertz CT molecular complexity index is 1150. The molecule has 0 saturated heterocycles. The topological polar surface area (TPSA) is 105 Å². The van der Waals surface area contributed by atoms with Gasteiger partial charge in [-0.2, -0.15) is 10.2 Å². The maximum Gasteiger partial charge on any atom is 0.203 e. The molecule has 0 aliphatic carbocycles. The number of hydrogen-bond acceptors (Lipinski definition) is 6. The van der Waals surface area contributed by atoms with Crippen LogP contribution in [0.4, 0.5) is 5.69 Å². The summed E-state index contributed by atoms with van der Waals surface area (Å²) in [7, 11) is 1.83. The summed E-state index contributed by atoms with van der Waals surface area (Å²) in [4.78, 5) is 20.8. The molecule has 0 saturated carbocycles. The van der Waals surface area contributed by atoms with Crippen molar-refractivity contribution in [1.82, 2.24) is 29.5 Å². The maximum absolute atomic E-state index is 12.3. The highest BCUT2D eigenvalue weighted by Crippen LogP contribution is 2.18. The van der Waals surface area contributed by atoms with Gasteiger partial charge in [-0.1, -0.05) is 18.2 Å². The van der Waals surface area contributed by atoms with Gasteiger partial charge in [0.15, 0.2) is 5.82 Å². The highest BCUT2D eigenvalue weighted by molar-refractivity contribution is 5.57. The smallest absolute Gasteiger partial charge is 0.203 e. The van der Waals surface area contributed by atoms with Gasteiger partial charge in [-0.25, -0.2) is 14.6 Å². The van der Waals surface area contributed by atoms with Crippen molar-refractivity contribution in [1.29, 1.82) is 0 Å². The van der Waals surface area contributed by atoms with Crippen molar-refractivity contribution in [3.05, 3.63) is 82.8 Å². The van der Waals surface area contributed by atoms with Crippen LogP contribution >= 0.6 is 0 Å². The predicted molar refractivity (Wildman–Crippen MR) is 101 cm³/mol. The fraction of sp³-hybridized carbons (Fsp3) is 0.105. The zero-order valence-electron chi connectivity index (χ0n) is 14.6. The summed E-state index contributed by atoms with van der Waals surface area (Å²) in [5.41, 5.74) is 9.10. The molecule has 27 heavy (non-hydrogen) atoms. The van der Waals surface area contributed by atoms with E-state index in [0.717, 1.165) is 16.8 Å². The second-order valence-corrected chi connectivity index (χ2v) is 6.16. The van der Waals surface area contributed by atoms with Gasteiger partial charge in [-0.3, -0.25) is 9.48 Å². The van der Waals surface area contributed by atoms with Gasteiger partial charge in [0.25, 0.3) is 0 Å². The molecule has 1 aromatic carbocycles. The van der Waals surface area contributed by atoms with Gasteiger partial charge in [0.1, 0.15) is 11.4 Å². The Kier molecular flexibility index (Phi) is 4.21. The van der Waals surface area contributed by atoms with Gasteiger partial charge in [0.05, 0.1) is 30.5 Å². The first-order valence-corrected chi connectivity index (χ1v) is 8.33. The lowest BCUT2D eigenvalue weighted by atomic mass is 10.1. The van der Waals surface area contributed by atoms with Gasteiger partial charge < -0.3 is 5.73 Å². The van der Waals surface area contributed by atoms with Crippen molar-refractivity contribution in [3.63, 3.8) is 0 Å². The van der Waals surface area contributed by atoms with Crippen LogP contribution in [0.25, 0.3) is 17.1 Å². The average Bonchev–Trinajstić information content (AvgIpc) is 3.11. The molecule has 0 aliphatic heterocycles. The molecule has 0 spiro atoms. The van der Waals surface area contributed by atoms with E-state index in [1.807, 2.05) is 37.5 Å². The first-order valence-electron chi connectivity index (χ1n) is 8.33. The van der Waals surface area contributed by atoms with E-state index < -0.39 is 0 Å². The molecule has 0 unspecified atom stereocenters. The Balaban J connectivity index is 1.65. The molecule has 0 fully saturated rings. The predicted octanol–water partition coefficient (Wildman–Crippen LogP) is 1.60. The number of benzene rings is 1. The van der Waals surface area contributed by atoms with E-state index in [2.05, 4.69) is 20.2 Å². The van der Waals surface area contributed by atoms with Crippen molar-refractivity contribution in [2.75, 3.05) is 5.73 Å². The molecule has 2 N–H and O–H groups in total. The lowest BCUT2D eigenvalue weighted by Gasteiger charge is -2.07. The van der Waals surface area contributed by atoms with Gasteiger partial charge >= 0.3 is 0 Å². The standard InChI is InChI=1S/C19H17N7O/c1-25-12-16(11-23-25)26-6-5-18(27)17(24-26)8-13-3-2-4-14(7-13)19-21-9-15(20)10-22-19/h2-7,9-12H,8,20H2,1H3. The van der Waals surface area contributed by atoms with E-state index in [0.29, 0.717) is 23.6 Å². The SMILES string of the molecule is Cn1cc(-n2ccc(=O)c(Cc3cccc(-c4ncc(N)cn4)c3)n2)cn1. The molecule has 0 aliphatic rings. The summed E-state index contributed by atoms with van der Waals surface area (Å²) in [6.07, 6.45) is 8.71. The molecule has 4 aromatic rings. The molecule has 0 bridgehead atoms. The number of nitrogens with two attached hydrogens (primary N) is 1. The second-order valence-electron chi connectivity index (χ2n) is 6.16. The Labute approximate surface area is 154 Å². The molecule has 0 atom stereocenters. The monoisotopic (exact) mass is 359 g/mol. The van der Waals surface area contributed by atoms with Gasteiger partial charge in [0, 0.05) is 31.3 Å². The van der Waals surface area contributed by atoms with E-state index in [1.54, 1.807) is 34.2 Å². The van der Waals surface area contributed by atoms with Crippen molar-refractivity contribution in [2.24, 2.45) is 7.05 Å². The summed E-state index contributed by atoms with van der Waals surface area (Å²) in [5.74, 6) is 0.583. The third-order valence-corrected chi connectivity index (χ3v) is 4.06. The van der Waals surface area contributed by atoms with Crippen molar-refractivity contribution in [3.8, 4) is 17.1 Å². The largest absolute Gasteiger partial charge is 0.396 e. The van der Waals surface area contributed by atoms with Crippen LogP contribution in [0.1, 0.15) is 11.3 Å². The molecule has 134 valence electrons. The summed E-state index contributed by atoms with van der Waals surface area (Å²) in [6.45, 7) is 0. The fourth-order valence-electron chi connectivity index (χ4n) is 2.74. The quantitative estimate of drug-likeness (QED) is 0.593. The number of nitrogens with zero attached hydrogens (tertiary/aromatic N) is 6. The molecule has 3 aromatic heterocycles. The number of hydrogen-bond donors (Lipinski definition) is 1. The van der Waals surface area contributed by atoms with Crippen LogP contribution in [0.3, 0.4) is 0 Å². The number of aromatic nitrogens is 6. The van der Waals surface area contributed by atoms with Crippen LogP contribution in [-0.4, -0.2) is 29.5 Å². The normalized spacial score (nSPS) is 10.9. The summed E-state index contributed by atoms with van der Waals surface area (Å²) in [5, 5.41) is 8.60. The van der Waals surface area contributed by atoms with Crippen LogP contribution in [0.5, 0.6) is 0 Å². The van der Waals surface area contributed by atoms with Crippen molar-refractivity contribution >= 4 is 5.69 Å². The first kappa shape index (κ1) is 16.6. The zero-order chi connectivity index (χ0) is 18.8. The highest BCUT2D eigenvalue weighted by atomic mass is 16.1. The van der Waals surface area contributed by atoms with Crippen LogP contribution in [-0.2, 0) is 13.5 Å². The average molecular weight is 359 g/mol. The van der Waals surface area contributed by atoms with E-state index in [1.165, 1.54) is 6.07 Å². The summed E-state index contributed by atoms with van der Waals surface area (Å²) < 4.78 is 3.33. The molecule has 0 radical (unpaired) electrons. The molecular formula is C19H17N7O. The fourth-order valence-corrected chi connectivity index (χ4v) is 2.74. The minimum absolute atomic E-state index is 0.107. The van der Waals surface area contributed by atoms with E-state index in [-0.39, 0.29) is 5.43 Å². The van der Waals surface area contributed by atoms with E-state index in [4.69, 9.17) is 5.73 Å². The third kappa shape index (κ3) is 3.59. The van der Waals surface area contributed by atoms with Crippen LogP contribution in [0.2, 0.25) is 0 Å². The number of aryl methyl sites for hydroxylation is 1. The van der Waals surface area contributed by atoms with Gasteiger partial charge in [0.2, 0.25) is 5.43 Å². The van der Waals surface area contributed by atoms with Crippen molar-refractivity contribution in [2.45, 2.75) is 6.42 Å². The number of nitrogen functional groups attached to an aromatic ring is 1. The number of rotatable bonds is 4. The Hall–Kier alpha value is -3.81. The molecule has 8 nitrogen and oxygen atoms in total. The minimum atomic E-state index is -0.107. The molecule has 8 heteroatoms. The van der Waals surface area contributed by atoms with Crippen LogP contribution in [0.15, 0.2) is 66.1 Å². The molecular weight excluding hydrogens is 342 g/mol. The highest BCUT2D eigenvalue weighted by Gasteiger charge is 2.08. The Morgan fingerprint density at radius 1 is 1.11 bits per heavy atom. The number of anilines is 1. The van der Waals surface area contributed by atoms with E-state index in [9.17, 15) is 4.79 Å². The van der Waals surface area contributed by atoms with E-state index >= 15 is 0 Å². The Morgan fingerprint density at radius 3 is 2.67 bits per heavy atom. The lowest BCUT2D eigenvalue weighted by Crippen LogP contribution is -2.16. The first-order chi connectivity index (χ1) is 13.1. The lowest BCUT2D eigenvalue weighted by molar-refractivity contribution is 0.762. The third-order valence-electron chi connectivity index (χ3n) is 4.06. The van der Waals surface area contributed by atoms with Crippen molar-refractivity contribution < 1.29 is 0 Å². The summed E-state index contributed by atoms with van der Waals surface area (Å²) in [6, 6.07) is 9.24. The zero-order valence-corrected chi connectivity index (χ0v) is 14.6. The minimum Gasteiger partial charge on any atom is -0.396 e. The second kappa shape index (κ2) is 6.83. The van der Waals surface area contributed by atoms with Crippen LogP contribution < -0.4 is 11.2 Å². The van der Waals surface area contributed by atoms with Gasteiger partial charge in [-0.05, 0) is 11.6 Å². The van der Waals surface area contributed by atoms with Gasteiger partial charge in [-0.15, -0.1) is 0 Å². The molecule has 3 heterocycles.